The smallest absolute Gasteiger partial charge is 0.323 e. The molecule has 4 aromatic rings. The van der Waals surface area contributed by atoms with Crippen LogP contribution in [0.2, 0.25) is 0 Å². The summed E-state index contributed by atoms with van der Waals surface area (Å²) in [5, 5.41) is 10.8. The number of carbonyl (C=O) groups excluding carboxylic acids is 2. The van der Waals surface area contributed by atoms with Crippen molar-refractivity contribution in [3.8, 4) is 5.75 Å². The minimum Gasteiger partial charge on any atom is -0.488 e. The van der Waals surface area contributed by atoms with E-state index >= 15 is 0 Å². The maximum Gasteiger partial charge on any atom is 0.323 e. The fourth-order valence-corrected chi connectivity index (χ4v) is 4.34. The van der Waals surface area contributed by atoms with Gasteiger partial charge >= 0.3 is 6.03 Å². The molecule has 196 valence electrons. The molecule has 3 amide bonds. The number of hydrogen-bond donors (Lipinski definition) is 3. The quantitative estimate of drug-likeness (QED) is 0.213. The average Bonchev–Trinajstić information content (AvgIpc) is 3.42. The number of urea groups is 1. The molecule has 0 fully saturated rings. The first-order valence-corrected chi connectivity index (χ1v) is 13.1. The second kappa shape index (κ2) is 13.4. The molecule has 38 heavy (non-hydrogen) atoms. The van der Waals surface area contributed by atoms with Crippen LogP contribution in [0.5, 0.6) is 5.75 Å². The molecule has 8 nitrogen and oxygen atoms in total. The number of thiazole rings is 1. The number of aromatic nitrogens is 1. The zero-order valence-corrected chi connectivity index (χ0v) is 22.1. The lowest BCUT2D eigenvalue weighted by molar-refractivity contribution is 0.0916. The number of amides is 3. The third-order valence-corrected chi connectivity index (χ3v) is 6.25. The highest BCUT2D eigenvalue weighted by molar-refractivity contribution is 7.13. The maximum absolute atomic E-state index is 12.9. The molecule has 1 heterocycles. The first kappa shape index (κ1) is 26.8. The van der Waals surface area contributed by atoms with Gasteiger partial charge in [0.1, 0.15) is 11.9 Å². The van der Waals surface area contributed by atoms with Gasteiger partial charge < -0.3 is 20.1 Å². The van der Waals surface area contributed by atoms with Gasteiger partial charge in [0.05, 0.1) is 6.61 Å². The molecule has 0 aliphatic heterocycles. The number of rotatable bonds is 11. The van der Waals surface area contributed by atoms with Crippen molar-refractivity contribution in [1.29, 1.82) is 0 Å². The lowest BCUT2D eigenvalue weighted by atomic mass is 10.0. The number of anilines is 3. The van der Waals surface area contributed by atoms with Gasteiger partial charge in [-0.15, -0.1) is 11.3 Å². The van der Waals surface area contributed by atoms with Crippen molar-refractivity contribution in [1.82, 2.24) is 4.98 Å². The Labute approximate surface area is 226 Å². The van der Waals surface area contributed by atoms with E-state index < -0.39 is 0 Å². The second-order valence-corrected chi connectivity index (χ2v) is 9.58. The standard InChI is InChI=1S/C29H30N4O4S/c1-20(19-36-2)37-26-17-22(16-23(18-26)27(34)33-29-30-14-15-38-29)9-8-21-10-12-25(13-11-21)32-28(35)31-24-6-4-3-5-7-24/h3-7,10-18,20H,8-9,19H2,1-2H3,(H,30,33,34)(H2,31,32,35)/t20-/m0/s1. The summed E-state index contributed by atoms with van der Waals surface area (Å²) in [6.45, 7) is 2.36. The predicted molar refractivity (Wildman–Crippen MR) is 151 cm³/mol. The number of para-hydroxylation sites is 1. The summed E-state index contributed by atoms with van der Waals surface area (Å²) in [5.41, 5.74) is 4.00. The highest BCUT2D eigenvalue weighted by Gasteiger charge is 2.13. The van der Waals surface area contributed by atoms with E-state index in [9.17, 15) is 9.59 Å². The molecule has 0 saturated carbocycles. The normalized spacial score (nSPS) is 11.4. The minimum atomic E-state index is -0.299. The molecular formula is C29H30N4O4S. The molecule has 3 N–H and O–H groups in total. The van der Waals surface area contributed by atoms with Gasteiger partial charge in [-0.3, -0.25) is 10.1 Å². The number of hydrogen-bond acceptors (Lipinski definition) is 6. The highest BCUT2D eigenvalue weighted by Crippen LogP contribution is 2.22. The minimum absolute atomic E-state index is 0.163. The molecule has 9 heteroatoms. The molecule has 0 radical (unpaired) electrons. The van der Waals surface area contributed by atoms with Gasteiger partial charge in [0.2, 0.25) is 0 Å². The van der Waals surface area contributed by atoms with E-state index in [0.29, 0.717) is 35.2 Å². The number of ether oxygens (including phenoxy) is 2. The molecule has 3 aromatic carbocycles. The third-order valence-electron chi connectivity index (χ3n) is 5.57. The highest BCUT2D eigenvalue weighted by atomic mass is 32.1. The Kier molecular flexibility index (Phi) is 9.44. The molecule has 0 saturated heterocycles. The first-order valence-electron chi connectivity index (χ1n) is 12.2. The first-order chi connectivity index (χ1) is 18.5. The summed E-state index contributed by atoms with van der Waals surface area (Å²) in [4.78, 5) is 29.2. The summed E-state index contributed by atoms with van der Waals surface area (Å²) < 4.78 is 11.2. The van der Waals surface area contributed by atoms with Crippen LogP contribution >= 0.6 is 11.3 Å². The van der Waals surface area contributed by atoms with Gasteiger partial charge in [-0.25, -0.2) is 9.78 Å². The van der Waals surface area contributed by atoms with E-state index in [1.165, 1.54) is 11.3 Å². The van der Waals surface area contributed by atoms with E-state index in [0.717, 1.165) is 23.2 Å². The van der Waals surface area contributed by atoms with E-state index in [4.69, 9.17) is 9.47 Å². The van der Waals surface area contributed by atoms with Crippen LogP contribution in [0.15, 0.2) is 84.4 Å². The van der Waals surface area contributed by atoms with Crippen molar-refractivity contribution in [3.63, 3.8) is 0 Å². The van der Waals surface area contributed by atoms with Gasteiger partial charge in [0.15, 0.2) is 5.13 Å². The fourth-order valence-electron chi connectivity index (χ4n) is 3.82. The number of carbonyl (C=O) groups is 2. The number of nitrogens with one attached hydrogen (secondary N) is 3. The van der Waals surface area contributed by atoms with E-state index in [2.05, 4.69) is 20.9 Å². The van der Waals surface area contributed by atoms with Crippen molar-refractivity contribution in [2.24, 2.45) is 0 Å². The zero-order valence-electron chi connectivity index (χ0n) is 21.3. The lowest BCUT2D eigenvalue weighted by Gasteiger charge is -2.16. The Bertz CT molecular complexity index is 1330. The Balaban J connectivity index is 1.40. The molecule has 0 unspecified atom stereocenters. The van der Waals surface area contributed by atoms with Crippen LogP contribution in [-0.2, 0) is 17.6 Å². The summed E-state index contributed by atoms with van der Waals surface area (Å²) in [6.07, 6.45) is 2.94. The molecule has 1 atom stereocenters. The van der Waals surface area contributed by atoms with Crippen molar-refractivity contribution < 1.29 is 19.1 Å². The summed E-state index contributed by atoms with van der Waals surface area (Å²) in [7, 11) is 1.62. The van der Waals surface area contributed by atoms with Crippen molar-refractivity contribution in [3.05, 3.63) is 101 Å². The number of benzene rings is 3. The number of methoxy groups -OCH3 is 1. The van der Waals surface area contributed by atoms with E-state index in [1.807, 2.05) is 79.0 Å². The molecule has 0 aliphatic carbocycles. The Hall–Kier alpha value is -4.21. The van der Waals surface area contributed by atoms with Gasteiger partial charge in [0, 0.05) is 35.6 Å². The molecule has 4 rings (SSSR count). The molecule has 0 aliphatic rings. The van der Waals surface area contributed by atoms with Gasteiger partial charge in [-0.2, -0.15) is 0 Å². The number of aryl methyl sites for hydroxylation is 2. The van der Waals surface area contributed by atoms with E-state index in [-0.39, 0.29) is 18.0 Å². The Morgan fingerprint density at radius 1 is 0.895 bits per heavy atom. The third kappa shape index (κ3) is 8.16. The van der Waals surface area contributed by atoms with Crippen LogP contribution < -0.4 is 20.7 Å². The Morgan fingerprint density at radius 3 is 2.29 bits per heavy atom. The number of nitrogens with zero attached hydrogens (tertiary/aromatic N) is 1. The zero-order chi connectivity index (χ0) is 26.7. The van der Waals surface area contributed by atoms with E-state index in [1.54, 1.807) is 19.4 Å². The SMILES string of the molecule is COC[C@H](C)Oc1cc(CCc2ccc(NC(=O)Nc3ccccc3)cc2)cc(C(=O)Nc2nccs2)c1. The van der Waals surface area contributed by atoms with Gasteiger partial charge in [-0.1, -0.05) is 30.3 Å². The van der Waals surface area contributed by atoms with Crippen LogP contribution in [0.3, 0.4) is 0 Å². The molecule has 0 bridgehead atoms. The monoisotopic (exact) mass is 530 g/mol. The van der Waals surface area contributed by atoms with Crippen LogP contribution in [0, 0.1) is 0 Å². The van der Waals surface area contributed by atoms with Crippen molar-refractivity contribution in [2.75, 3.05) is 29.7 Å². The predicted octanol–water partition coefficient (Wildman–Crippen LogP) is 6.24. The van der Waals surface area contributed by atoms with Crippen molar-refractivity contribution >= 4 is 39.8 Å². The fraction of sp³-hybridized carbons (Fsp3) is 0.207. The average molecular weight is 531 g/mol. The molecular weight excluding hydrogens is 500 g/mol. The van der Waals surface area contributed by atoms with Crippen LogP contribution in [0.4, 0.5) is 21.3 Å². The molecule has 0 spiro atoms. The van der Waals surface area contributed by atoms with Gasteiger partial charge in [-0.05, 0) is 73.4 Å². The second-order valence-electron chi connectivity index (χ2n) is 8.68. The summed E-state index contributed by atoms with van der Waals surface area (Å²) in [5.74, 6) is 0.371. The Morgan fingerprint density at radius 2 is 1.61 bits per heavy atom. The van der Waals surface area contributed by atoms with Crippen LogP contribution in [0.25, 0.3) is 0 Å². The van der Waals surface area contributed by atoms with Crippen LogP contribution in [-0.4, -0.2) is 36.7 Å². The van der Waals surface area contributed by atoms with Gasteiger partial charge in [0.25, 0.3) is 5.91 Å². The molecule has 1 aromatic heterocycles. The maximum atomic E-state index is 12.9. The summed E-state index contributed by atoms with van der Waals surface area (Å²) in [6, 6.07) is 22.3. The lowest BCUT2D eigenvalue weighted by Crippen LogP contribution is -2.19. The topological polar surface area (TPSA) is 102 Å². The van der Waals surface area contributed by atoms with Crippen LogP contribution in [0.1, 0.15) is 28.4 Å². The largest absolute Gasteiger partial charge is 0.488 e. The summed E-state index contributed by atoms with van der Waals surface area (Å²) >= 11 is 1.36. The van der Waals surface area contributed by atoms with Crippen molar-refractivity contribution in [2.45, 2.75) is 25.9 Å².